The molecule has 0 bridgehead atoms. The van der Waals surface area contributed by atoms with E-state index in [1.165, 1.54) is 21.9 Å². The van der Waals surface area contributed by atoms with Crippen LogP contribution in [-0.4, -0.2) is 7.11 Å². The third-order valence-corrected chi connectivity index (χ3v) is 3.23. The minimum atomic E-state index is 0.399. The van der Waals surface area contributed by atoms with Crippen LogP contribution in [-0.2, 0) is 11.3 Å². The zero-order valence-electron chi connectivity index (χ0n) is 9.53. The predicted octanol–water partition coefficient (Wildman–Crippen LogP) is 4.44. The Balaban J connectivity index is 2.44. The zero-order chi connectivity index (χ0) is 11.5. The van der Waals surface area contributed by atoms with E-state index < -0.39 is 0 Å². The molecule has 0 saturated heterocycles. The van der Waals surface area contributed by atoms with E-state index in [0.717, 1.165) is 0 Å². The van der Waals surface area contributed by atoms with E-state index in [9.17, 15) is 0 Å². The normalized spacial score (nSPS) is 12.9. The number of benzene rings is 2. The summed E-state index contributed by atoms with van der Waals surface area (Å²) in [5, 5.41) is 2.55. The summed E-state index contributed by atoms with van der Waals surface area (Å²) in [4.78, 5) is 0.399. The first kappa shape index (κ1) is 11.6. The molecule has 0 aromatic heterocycles. The highest BCUT2D eigenvalue weighted by Gasteiger charge is 2.02. The minimum Gasteiger partial charge on any atom is -0.380 e. The van der Waals surface area contributed by atoms with Crippen molar-refractivity contribution < 1.29 is 4.74 Å². The monoisotopic (exact) mass is 278 g/mol. The number of fused-ring (bicyclic) bond motifs is 1. The zero-order valence-corrected chi connectivity index (χ0v) is 11.1. The highest BCUT2D eigenvalue weighted by molar-refractivity contribution is 9.09. The summed E-state index contributed by atoms with van der Waals surface area (Å²) in [5.41, 5.74) is 2.53. The van der Waals surface area contributed by atoms with Gasteiger partial charge in [0.15, 0.2) is 0 Å². The summed E-state index contributed by atoms with van der Waals surface area (Å²) in [6.45, 7) is 2.81. The Morgan fingerprint density at radius 1 is 1.12 bits per heavy atom. The fraction of sp³-hybridized carbons (Fsp3) is 0.286. The van der Waals surface area contributed by atoms with E-state index in [0.29, 0.717) is 11.4 Å². The van der Waals surface area contributed by atoms with Crippen molar-refractivity contribution in [1.82, 2.24) is 0 Å². The van der Waals surface area contributed by atoms with Crippen LogP contribution in [0, 0.1) is 0 Å². The second kappa shape index (κ2) is 4.98. The molecule has 2 aromatic carbocycles. The van der Waals surface area contributed by atoms with Gasteiger partial charge in [-0.2, -0.15) is 0 Å². The fourth-order valence-electron chi connectivity index (χ4n) is 1.82. The van der Waals surface area contributed by atoms with Crippen LogP contribution in [0.4, 0.5) is 0 Å². The third-order valence-electron chi connectivity index (χ3n) is 2.70. The molecule has 0 aliphatic rings. The first-order valence-corrected chi connectivity index (χ1v) is 6.28. The van der Waals surface area contributed by atoms with E-state index in [1.807, 2.05) is 0 Å². The molecule has 0 heterocycles. The molecule has 0 aliphatic carbocycles. The van der Waals surface area contributed by atoms with Crippen molar-refractivity contribution >= 4 is 26.7 Å². The van der Waals surface area contributed by atoms with Crippen LogP contribution in [0.15, 0.2) is 36.4 Å². The number of methoxy groups -OCH3 is 1. The fourth-order valence-corrected chi connectivity index (χ4v) is 2.10. The molecule has 16 heavy (non-hydrogen) atoms. The molecular weight excluding hydrogens is 264 g/mol. The van der Waals surface area contributed by atoms with Gasteiger partial charge in [0.1, 0.15) is 0 Å². The molecular formula is C14H15BrO. The molecule has 0 N–H and O–H groups in total. The topological polar surface area (TPSA) is 9.23 Å². The number of ether oxygens (including phenoxy) is 1. The van der Waals surface area contributed by atoms with Crippen LogP contribution in [0.3, 0.4) is 0 Å². The molecule has 0 fully saturated rings. The number of hydrogen-bond acceptors (Lipinski definition) is 1. The van der Waals surface area contributed by atoms with Crippen LogP contribution in [0.1, 0.15) is 22.9 Å². The second-order valence-corrected chi connectivity index (χ2v) is 5.36. The molecule has 0 saturated carbocycles. The van der Waals surface area contributed by atoms with Crippen molar-refractivity contribution in [3.8, 4) is 0 Å². The lowest BCUT2D eigenvalue weighted by Gasteiger charge is -2.07. The Morgan fingerprint density at radius 3 is 2.50 bits per heavy atom. The number of rotatable bonds is 3. The summed E-state index contributed by atoms with van der Waals surface area (Å²) in [7, 11) is 1.72. The smallest absolute Gasteiger partial charge is 0.0713 e. The van der Waals surface area contributed by atoms with Crippen LogP contribution >= 0.6 is 15.9 Å². The van der Waals surface area contributed by atoms with Gasteiger partial charge in [-0.3, -0.25) is 0 Å². The lowest BCUT2D eigenvalue weighted by molar-refractivity contribution is 0.185. The highest BCUT2D eigenvalue weighted by Crippen LogP contribution is 2.26. The number of halogens is 1. The molecule has 0 radical (unpaired) electrons. The third kappa shape index (κ3) is 2.45. The van der Waals surface area contributed by atoms with E-state index in [1.54, 1.807) is 7.11 Å². The summed E-state index contributed by atoms with van der Waals surface area (Å²) < 4.78 is 5.13. The van der Waals surface area contributed by atoms with E-state index in [4.69, 9.17) is 4.74 Å². The molecule has 2 rings (SSSR count). The maximum atomic E-state index is 5.13. The summed E-state index contributed by atoms with van der Waals surface area (Å²) in [5.74, 6) is 0. The van der Waals surface area contributed by atoms with Gasteiger partial charge in [-0.25, -0.2) is 0 Å². The summed E-state index contributed by atoms with van der Waals surface area (Å²) in [6, 6.07) is 13.0. The van der Waals surface area contributed by atoms with Crippen molar-refractivity contribution in [1.29, 1.82) is 0 Å². The van der Waals surface area contributed by atoms with E-state index in [2.05, 4.69) is 59.3 Å². The van der Waals surface area contributed by atoms with Crippen LogP contribution < -0.4 is 0 Å². The molecule has 1 unspecified atom stereocenters. The lowest BCUT2D eigenvalue weighted by Crippen LogP contribution is -1.88. The van der Waals surface area contributed by atoms with Gasteiger partial charge in [-0.15, -0.1) is 0 Å². The molecule has 1 atom stereocenters. The molecule has 2 heteroatoms. The Morgan fingerprint density at radius 2 is 1.81 bits per heavy atom. The average Bonchev–Trinajstić information content (AvgIpc) is 2.28. The Bertz CT molecular complexity index is 491. The molecule has 0 amide bonds. The van der Waals surface area contributed by atoms with Gasteiger partial charge >= 0.3 is 0 Å². The SMILES string of the molecule is COCc1ccc2cc(C(C)Br)ccc2c1. The number of alkyl halides is 1. The van der Waals surface area contributed by atoms with Gasteiger partial charge in [0.25, 0.3) is 0 Å². The maximum Gasteiger partial charge on any atom is 0.0713 e. The first-order valence-electron chi connectivity index (χ1n) is 5.36. The molecule has 84 valence electrons. The summed E-state index contributed by atoms with van der Waals surface area (Å²) in [6.07, 6.45) is 0. The van der Waals surface area contributed by atoms with Crippen molar-refractivity contribution in [3.63, 3.8) is 0 Å². The lowest BCUT2D eigenvalue weighted by atomic mass is 10.0. The molecule has 0 aliphatic heterocycles. The van der Waals surface area contributed by atoms with Crippen molar-refractivity contribution in [3.05, 3.63) is 47.5 Å². The summed E-state index contributed by atoms with van der Waals surface area (Å²) >= 11 is 3.59. The van der Waals surface area contributed by atoms with Crippen LogP contribution in [0.2, 0.25) is 0 Å². The predicted molar refractivity (Wildman–Crippen MR) is 72.0 cm³/mol. The Kier molecular flexibility index (Phi) is 3.62. The Hall–Kier alpha value is -0.860. The number of hydrogen-bond donors (Lipinski definition) is 0. The molecule has 1 nitrogen and oxygen atoms in total. The highest BCUT2D eigenvalue weighted by atomic mass is 79.9. The largest absolute Gasteiger partial charge is 0.380 e. The van der Waals surface area contributed by atoms with Gasteiger partial charge in [0.2, 0.25) is 0 Å². The van der Waals surface area contributed by atoms with E-state index >= 15 is 0 Å². The van der Waals surface area contributed by atoms with Crippen molar-refractivity contribution in [2.24, 2.45) is 0 Å². The quantitative estimate of drug-likeness (QED) is 0.755. The molecule has 0 spiro atoms. The standard InChI is InChI=1S/C14H15BrO/c1-10(15)12-5-6-13-7-11(9-16-2)3-4-14(13)8-12/h3-8,10H,9H2,1-2H3. The average molecular weight is 279 g/mol. The maximum absolute atomic E-state index is 5.13. The van der Waals surface area contributed by atoms with Crippen LogP contribution in [0.25, 0.3) is 10.8 Å². The van der Waals surface area contributed by atoms with Crippen molar-refractivity contribution in [2.45, 2.75) is 18.4 Å². The first-order chi connectivity index (χ1) is 7.70. The van der Waals surface area contributed by atoms with Crippen molar-refractivity contribution in [2.75, 3.05) is 7.11 Å². The van der Waals surface area contributed by atoms with Gasteiger partial charge in [-0.1, -0.05) is 46.3 Å². The molecule has 2 aromatic rings. The van der Waals surface area contributed by atoms with Gasteiger partial charge < -0.3 is 4.74 Å². The van der Waals surface area contributed by atoms with E-state index in [-0.39, 0.29) is 0 Å². The van der Waals surface area contributed by atoms with Crippen LogP contribution in [0.5, 0.6) is 0 Å². The minimum absolute atomic E-state index is 0.399. The van der Waals surface area contributed by atoms with Gasteiger partial charge in [-0.05, 0) is 34.9 Å². The Labute approximate surface area is 105 Å². The second-order valence-electron chi connectivity index (χ2n) is 3.99. The van der Waals surface area contributed by atoms with Gasteiger partial charge in [0, 0.05) is 11.9 Å². The van der Waals surface area contributed by atoms with Gasteiger partial charge in [0.05, 0.1) is 6.61 Å².